The van der Waals surface area contributed by atoms with Crippen molar-refractivity contribution >= 4 is 198 Å². The largest absolute Gasteiger partial charge is 0.456 e. The zero-order chi connectivity index (χ0) is 55.9. The summed E-state index contributed by atoms with van der Waals surface area (Å²) in [6, 6.07) is 89.5. The van der Waals surface area contributed by atoms with E-state index >= 15 is 0 Å². The Hall–Kier alpha value is -11.7. The monoisotopic (exact) mass is 1100 g/mol. The highest BCUT2D eigenvalue weighted by Crippen LogP contribution is 2.47. The molecule has 0 aliphatic carbocycles. The third-order valence-corrected chi connectivity index (χ3v) is 18.0. The number of fused-ring (bicyclic) bond motifs is 23. The SMILES string of the molecule is c1ccc2c(c1)ccc1c3ccc(N(c4ccc5c(c4)oc4ccccc45)c4ccc5c(c4)oc4cc6cc7oc8cc(N(c9ccc%10c(c9)oc9ccccc9%10)c9ccc%10c(c9)oc9c%11ccccc%11ccc%109)ccc8c7cc6cc45)cc3oc21. The Morgan fingerprint density at radius 3 is 0.826 bits per heavy atom. The smallest absolute Gasteiger partial charge is 0.143 e. The molecule has 8 nitrogen and oxygen atoms in total. The maximum absolute atomic E-state index is 6.87. The van der Waals surface area contributed by atoms with E-state index in [4.69, 9.17) is 26.5 Å². The summed E-state index contributed by atoms with van der Waals surface area (Å²) in [7, 11) is 0. The van der Waals surface area contributed by atoms with Crippen LogP contribution in [0.15, 0.2) is 281 Å². The fourth-order valence-electron chi connectivity index (χ4n) is 13.9. The lowest BCUT2D eigenvalue weighted by atomic mass is 10.0. The van der Waals surface area contributed by atoms with E-state index in [-0.39, 0.29) is 0 Å². The minimum Gasteiger partial charge on any atom is -0.456 e. The number of nitrogens with zero attached hydrogens (tertiary/aromatic N) is 2. The van der Waals surface area contributed by atoms with Crippen LogP contribution >= 0.6 is 0 Å². The first kappa shape index (κ1) is 45.8. The fourth-order valence-corrected chi connectivity index (χ4v) is 13.9. The van der Waals surface area contributed by atoms with E-state index in [2.05, 4.69) is 240 Å². The van der Waals surface area contributed by atoms with E-state index in [0.29, 0.717) is 0 Å². The summed E-state index contributed by atoms with van der Waals surface area (Å²) < 4.78 is 40.2. The zero-order valence-corrected chi connectivity index (χ0v) is 45.6. The van der Waals surface area contributed by atoms with Crippen LogP contribution in [0.3, 0.4) is 0 Å². The summed E-state index contributed by atoms with van der Waals surface area (Å²) in [5, 5.41) is 19.3. The molecule has 0 spiro atoms. The van der Waals surface area contributed by atoms with Gasteiger partial charge in [-0.3, -0.25) is 0 Å². The molecule has 86 heavy (non-hydrogen) atoms. The number of furan rings is 6. The molecule has 0 aliphatic heterocycles. The van der Waals surface area contributed by atoms with Crippen LogP contribution < -0.4 is 9.80 Å². The quantitative estimate of drug-likeness (QED) is 0.163. The third kappa shape index (κ3) is 6.57. The lowest BCUT2D eigenvalue weighted by Crippen LogP contribution is -2.09. The van der Waals surface area contributed by atoms with Crippen molar-refractivity contribution in [2.45, 2.75) is 0 Å². The lowest BCUT2D eigenvalue weighted by molar-refractivity contribution is 0.668. The Bertz CT molecular complexity index is 5940. The third-order valence-electron chi connectivity index (χ3n) is 18.0. The van der Waals surface area contributed by atoms with Crippen molar-refractivity contribution < 1.29 is 26.5 Å². The van der Waals surface area contributed by atoms with Crippen molar-refractivity contribution in [2.75, 3.05) is 9.80 Å². The standard InChI is InChI=1S/C78H42N2O6/c1-3-11-53-43(9-1)17-25-63-59-29-21-51(41-75(59)85-77(53)63)79(47-19-27-57-55-13-5-7-15-67(55)81-71(57)37-47)49-23-31-61-65-33-45-34-66-62-32-24-50(40-74(62)84-70(66)36-46(45)35-69(65)83-73(61)39-49)80(48-20-28-58-56-14-6-8-16-68(56)82-72(58)38-48)52-22-30-60-64-26-18-44-10-2-4-12-54(44)78(64)86-76(60)42-52/h1-42H. The van der Waals surface area contributed by atoms with Crippen LogP contribution in [-0.2, 0) is 0 Å². The fraction of sp³-hybridized carbons (Fsp3) is 0. The molecule has 0 saturated carbocycles. The van der Waals surface area contributed by atoms with Crippen LogP contribution in [0.4, 0.5) is 34.1 Å². The Balaban J connectivity index is 0.704. The van der Waals surface area contributed by atoms with Gasteiger partial charge >= 0.3 is 0 Å². The molecular weight excluding hydrogens is 1060 g/mol. The lowest BCUT2D eigenvalue weighted by Gasteiger charge is -2.25. The maximum atomic E-state index is 6.87. The maximum Gasteiger partial charge on any atom is 0.143 e. The minimum atomic E-state index is 0.776. The average molecular weight is 1100 g/mol. The molecule has 20 rings (SSSR count). The summed E-state index contributed by atoms with van der Waals surface area (Å²) in [6.45, 7) is 0. The van der Waals surface area contributed by atoms with Gasteiger partial charge in [0.15, 0.2) is 0 Å². The van der Waals surface area contributed by atoms with Crippen LogP contribution in [0.2, 0.25) is 0 Å². The van der Waals surface area contributed by atoms with Crippen LogP contribution in [0, 0.1) is 0 Å². The molecule has 0 unspecified atom stereocenters. The summed E-state index contributed by atoms with van der Waals surface area (Å²) >= 11 is 0. The van der Waals surface area contributed by atoms with Crippen molar-refractivity contribution in [2.24, 2.45) is 0 Å². The molecule has 400 valence electrons. The Morgan fingerprint density at radius 1 is 0.163 bits per heavy atom. The first-order valence-electron chi connectivity index (χ1n) is 28.9. The van der Waals surface area contributed by atoms with Gasteiger partial charge < -0.3 is 36.3 Å². The van der Waals surface area contributed by atoms with Crippen LogP contribution in [-0.4, -0.2) is 0 Å². The van der Waals surface area contributed by atoms with E-state index < -0.39 is 0 Å². The first-order valence-corrected chi connectivity index (χ1v) is 28.9. The Labute approximate surface area is 486 Å². The van der Waals surface area contributed by atoms with Crippen molar-refractivity contribution in [1.29, 1.82) is 0 Å². The average Bonchev–Trinajstić information content (AvgIpc) is 3.08. The van der Waals surface area contributed by atoms with Gasteiger partial charge in [0.05, 0.1) is 0 Å². The van der Waals surface area contributed by atoms with Gasteiger partial charge in [-0.15, -0.1) is 0 Å². The first-order chi connectivity index (χ1) is 42.5. The van der Waals surface area contributed by atoms with Crippen LogP contribution in [0.5, 0.6) is 0 Å². The normalized spacial score (nSPS) is 12.4. The summed E-state index contributed by atoms with van der Waals surface area (Å²) in [5.41, 5.74) is 15.5. The van der Waals surface area contributed by atoms with E-state index in [9.17, 15) is 0 Å². The molecule has 6 heterocycles. The molecule has 0 aliphatic rings. The summed E-state index contributed by atoms with van der Waals surface area (Å²) in [4.78, 5) is 4.51. The van der Waals surface area contributed by atoms with Gasteiger partial charge in [0.1, 0.15) is 67.0 Å². The molecule has 20 aromatic rings. The molecule has 14 aromatic carbocycles. The van der Waals surface area contributed by atoms with Gasteiger partial charge in [-0.2, -0.15) is 0 Å². The highest BCUT2D eigenvalue weighted by Gasteiger charge is 2.23. The second kappa shape index (κ2) is 16.9. The second-order valence-corrected chi connectivity index (χ2v) is 22.7. The number of hydrogen-bond donors (Lipinski definition) is 0. The molecule has 6 aromatic heterocycles. The van der Waals surface area contributed by atoms with Gasteiger partial charge in [-0.1, -0.05) is 97.1 Å². The van der Waals surface area contributed by atoms with E-state index in [0.717, 1.165) is 198 Å². The van der Waals surface area contributed by atoms with Crippen molar-refractivity contribution in [3.05, 3.63) is 255 Å². The molecule has 8 heteroatoms. The highest BCUT2D eigenvalue weighted by atomic mass is 16.3. The molecule has 0 atom stereocenters. The highest BCUT2D eigenvalue weighted by molar-refractivity contribution is 6.19. The van der Waals surface area contributed by atoms with E-state index in [1.54, 1.807) is 0 Å². The molecule has 0 fully saturated rings. The van der Waals surface area contributed by atoms with Crippen LogP contribution in [0.1, 0.15) is 0 Å². The predicted octanol–water partition coefficient (Wildman–Crippen LogP) is 23.5. The number of para-hydroxylation sites is 2. The molecule has 0 saturated heterocycles. The summed E-state index contributed by atoms with van der Waals surface area (Å²) in [5.74, 6) is 0. The second-order valence-electron chi connectivity index (χ2n) is 22.7. The topological polar surface area (TPSA) is 85.3 Å². The van der Waals surface area contributed by atoms with Crippen molar-refractivity contribution in [3.8, 4) is 0 Å². The Kier molecular flexibility index (Phi) is 9.03. The van der Waals surface area contributed by atoms with Crippen LogP contribution in [0.25, 0.3) is 164 Å². The molecule has 0 amide bonds. The number of anilines is 6. The van der Waals surface area contributed by atoms with Crippen molar-refractivity contribution in [1.82, 2.24) is 0 Å². The van der Waals surface area contributed by atoms with E-state index in [1.807, 2.05) is 24.3 Å². The van der Waals surface area contributed by atoms with Gasteiger partial charge in [-0.05, 0) is 143 Å². The zero-order valence-electron chi connectivity index (χ0n) is 45.6. The van der Waals surface area contributed by atoms with Gasteiger partial charge in [0, 0.05) is 146 Å². The number of benzene rings is 14. The van der Waals surface area contributed by atoms with Gasteiger partial charge in [0.25, 0.3) is 0 Å². The predicted molar refractivity (Wildman–Crippen MR) is 352 cm³/mol. The summed E-state index contributed by atoms with van der Waals surface area (Å²) in [6.07, 6.45) is 0. The van der Waals surface area contributed by atoms with Gasteiger partial charge in [0.2, 0.25) is 0 Å². The molecule has 0 N–H and O–H groups in total. The van der Waals surface area contributed by atoms with E-state index in [1.165, 1.54) is 0 Å². The van der Waals surface area contributed by atoms with Gasteiger partial charge in [-0.25, -0.2) is 0 Å². The number of hydrogen-bond acceptors (Lipinski definition) is 8. The number of rotatable bonds is 6. The Morgan fingerprint density at radius 2 is 0.430 bits per heavy atom. The molecule has 0 radical (unpaired) electrons. The molecular formula is C78H42N2O6. The van der Waals surface area contributed by atoms with Crippen molar-refractivity contribution in [3.63, 3.8) is 0 Å². The minimum absolute atomic E-state index is 0.776. The molecule has 0 bridgehead atoms.